The number of hydrogen-bond acceptors (Lipinski definition) is 5. The zero-order valence-corrected chi connectivity index (χ0v) is 21.9. The van der Waals surface area contributed by atoms with Crippen molar-refractivity contribution in [3.05, 3.63) is 47.5 Å². The van der Waals surface area contributed by atoms with E-state index >= 15 is 0 Å². The van der Waals surface area contributed by atoms with Crippen molar-refractivity contribution in [1.29, 1.82) is 0 Å². The van der Waals surface area contributed by atoms with Crippen molar-refractivity contribution >= 4 is 17.6 Å². The minimum Gasteiger partial charge on any atom is -0.462 e. The molecule has 8 atom stereocenters. The molecule has 0 aromatic heterocycles. The fraction of sp³-hybridized carbons (Fsp3) is 0.633. The van der Waals surface area contributed by atoms with E-state index in [1.807, 2.05) is 18.2 Å². The van der Waals surface area contributed by atoms with Crippen LogP contribution < -0.4 is 5.32 Å². The number of nitrogens with one attached hydrogen (secondary N) is 1. The Hall–Kier alpha value is -2.63. The number of fused-ring (bicyclic) bond motifs is 7. The third-order valence-electron chi connectivity index (χ3n) is 10.7. The molecule has 3 saturated carbocycles. The molecule has 1 aliphatic heterocycles. The smallest absolute Gasteiger partial charge is 0.302 e. The predicted octanol–water partition coefficient (Wildman–Crippen LogP) is 5.37. The van der Waals surface area contributed by atoms with E-state index in [0.717, 1.165) is 56.2 Å². The Balaban J connectivity index is 1.35. The van der Waals surface area contributed by atoms with Crippen LogP contribution in [0.2, 0.25) is 0 Å². The van der Waals surface area contributed by atoms with Crippen molar-refractivity contribution in [2.45, 2.75) is 84.5 Å². The van der Waals surface area contributed by atoms with E-state index in [-0.39, 0.29) is 34.7 Å². The third kappa shape index (κ3) is 3.25. The Morgan fingerprint density at radius 1 is 1.08 bits per heavy atom. The standard InChI is InChI=1S/C30H38N2O4/c1-18(33)31-30-26(27(32-36-30)20-8-6-5-7-9-20)17-25-23-11-10-21-16-22(35-19(2)34)12-14-28(21,3)24(23)13-15-29(25,30)4/h5-10,22-26H,11-17H2,1-4H3,(H,31,33)/t22-,23+,24-,25-,26-,28-,29-,30+/m0/s1. The zero-order valence-electron chi connectivity index (χ0n) is 21.9. The van der Waals surface area contributed by atoms with Crippen molar-refractivity contribution in [2.24, 2.45) is 39.7 Å². The van der Waals surface area contributed by atoms with E-state index in [9.17, 15) is 9.59 Å². The Morgan fingerprint density at radius 3 is 2.58 bits per heavy atom. The van der Waals surface area contributed by atoms with Gasteiger partial charge in [-0.05, 0) is 67.3 Å². The van der Waals surface area contributed by atoms with Gasteiger partial charge in [-0.1, -0.05) is 61.0 Å². The van der Waals surface area contributed by atoms with Gasteiger partial charge in [0.1, 0.15) is 6.10 Å². The molecule has 3 fully saturated rings. The molecule has 36 heavy (non-hydrogen) atoms. The maximum absolute atomic E-state index is 12.5. The quantitative estimate of drug-likeness (QED) is 0.456. The van der Waals surface area contributed by atoms with E-state index < -0.39 is 5.72 Å². The highest BCUT2D eigenvalue weighted by atomic mass is 16.7. The summed E-state index contributed by atoms with van der Waals surface area (Å²) in [4.78, 5) is 30.5. The molecule has 0 saturated heterocycles. The van der Waals surface area contributed by atoms with E-state index in [0.29, 0.717) is 17.8 Å². The fourth-order valence-electron chi connectivity index (χ4n) is 9.03. The lowest BCUT2D eigenvalue weighted by Crippen LogP contribution is -2.63. The first-order chi connectivity index (χ1) is 17.2. The molecule has 0 spiro atoms. The maximum Gasteiger partial charge on any atom is 0.302 e. The van der Waals surface area contributed by atoms with Gasteiger partial charge in [0.25, 0.3) is 0 Å². The number of allylic oxidation sites excluding steroid dienone is 1. The van der Waals surface area contributed by atoms with Crippen LogP contribution in [-0.4, -0.2) is 29.4 Å². The molecular formula is C30H38N2O4. The lowest BCUT2D eigenvalue weighted by atomic mass is 9.47. The molecule has 4 aliphatic carbocycles. The van der Waals surface area contributed by atoms with E-state index in [1.165, 1.54) is 12.5 Å². The lowest BCUT2D eigenvalue weighted by molar-refractivity contribution is -0.177. The number of rotatable bonds is 3. The first-order valence-corrected chi connectivity index (χ1v) is 13.6. The molecule has 6 heteroatoms. The summed E-state index contributed by atoms with van der Waals surface area (Å²) >= 11 is 0. The molecule has 0 radical (unpaired) electrons. The molecule has 6 nitrogen and oxygen atoms in total. The summed E-state index contributed by atoms with van der Waals surface area (Å²) in [5.41, 5.74) is 2.70. The van der Waals surface area contributed by atoms with E-state index in [4.69, 9.17) is 9.57 Å². The second kappa shape index (κ2) is 8.19. The monoisotopic (exact) mass is 490 g/mol. The zero-order chi connectivity index (χ0) is 25.3. The minimum absolute atomic E-state index is 0.0131. The van der Waals surface area contributed by atoms with Crippen LogP contribution in [0.25, 0.3) is 0 Å². The average Bonchev–Trinajstić information content (AvgIpc) is 3.31. The number of carbonyl (C=O) groups excluding carboxylic acids is 2. The Kier molecular flexibility index (Phi) is 5.40. The number of carbonyl (C=O) groups is 2. The molecule has 1 aromatic carbocycles. The number of amides is 1. The number of ether oxygens (including phenoxy) is 1. The van der Waals surface area contributed by atoms with Crippen LogP contribution in [0.5, 0.6) is 0 Å². The van der Waals surface area contributed by atoms with Crippen LogP contribution in [0.1, 0.15) is 78.2 Å². The molecular weight excluding hydrogens is 452 g/mol. The Bertz CT molecular complexity index is 1140. The summed E-state index contributed by atoms with van der Waals surface area (Å²) in [5, 5.41) is 7.92. The number of nitrogens with zero attached hydrogens (tertiary/aromatic N) is 1. The Morgan fingerprint density at radius 2 is 1.86 bits per heavy atom. The highest BCUT2D eigenvalue weighted by molar-refractivity contribution is 6.04. The second-order valence-electron chi connectivity index (χ2n) is 12.3. The summed E-state index contributed by atoms with van der Waals surface area (Å²) in [6, 6.07) is 10.3. The highest BCUT2D eigenvalue weighted by Gasteiger charge is 2.72. The maximum atomic E-state index is 12.5. The number of oxime groups is 1. The number of benzene rings is 1. The molecule has 1 aromatic rings. The lowest BCUT2D eigenvalue weighted by Gasteiger charge is -2.58. The Labute approximate surface area is 213 Å². The summed E-state index contributed by atoms with van der Waals surface area (Å²) < 4.78 is 5.61. The molecule has 0 bridgehead atoms. The van der Waals surface area contributed by atoms with Crippen LogP contribution in [0.3, 0.4) is 0 Å². The minimum atomic E-state index is -0.794. The molecule has 5 aliphatic rings. The topological polar surface area (TPSA) is 77.0 Å². The van der Waals surface area contributed by atoms with Crippen LogP contribution >= 0.6 is 0 Å². The first kappa shape index (κ1) is 23.7. The summed E-state index contributed by atoms with van der Waals surface area (Å²) in [6.45, 7) is 7.90. The number of esters is 1. The van der Waals surface area contributed by atoms with Gasteiger partial charge in [0.2, 0.25) is 11.6 Å². The van der Waals surface area contributed by atoms with Crippen molar-refractivity contribution in [1.82, 2.24) is 5.32 Å². The van der Waals surface area contributed by atoms with Crippen LogP contribution in [0.4, 0.5) is 0 Å². The van der Waals surface area contributed by atoms with Crippen molar-refractivity contribution in [3.63, 3.8) is 0 Å². The van der Waals surface area contributed by atoms with Gasteiger partial charge < -0.3 is 14.9 Å². The summed E-state index contributed by atoms with van der Waals surface area (Å²) in [7, 11) is 0. The van der Waals surface area contributed by atoms with Gasteiger partial charge >= 0.3 is 5.97 Å². The van der Waals surface area contributed by atoms with Crippen molar-refractivity contribution in [2.75, 3.05) is 0 Å². The predicted molar refractivity (Wildman–Crippen MR) is 137 cm³/mol. The van der Waals surface area contributed by atoms with Gasteiger partial charge in [-0.15, -0.1) is 0 Å². The highest BCUT2D eigenvalue weighted by Crippen LogP contribution is 2.69. The SMILES string of the molecule is CC(=O)N[C@@]12ON=C(c3ccccc3)[C@@H]1C[C@H]1[C@@H]3CC=C4C[C@@H](OC(C)=O)CC[C@]4(C)[C@H]3CC[C@@]12C. The van der Waals surface area contributed by atoms with Gasteiger partial charge in [0.05, 0.1) is 11.6 Å². The third-order valence-corrected chi connectivity index (χ3v) is 10.7. The normalized spacial score (nSPS) is 42.5. The van der Waals surface area contributed by atoms with Gasteiger partial charge in [-0.3, -0.25) is 9.59 Å². The number of hydrogen-bond donors (Lipinski definition) is 1. The van der Waals surface area contributed by atoms with Crippen molar-refractivity contribution in [3.8, 4) is 0 Å². The molecule has 1 N–H and O–H groups in total. The summed E-state index contributed by atoms with van der Waals surface area (Å²) in [5.74, 6) is 1.37. The van der Waals surface area contributed by atoms with E-state index in [1.54, 1.807) is 6.92 Å². The van der Waals surface area contributed by atoms with E-state index in [2.05, 4.69) is 42.5 Å². The summed E-state index contributed by atoms with van der Waals surface area (Å²) in [6.07, 6.45) is 9.48. The van der Waals surface area contributed by atoms with Crippen LogP contribution in [0, 0.1) is 34.5 Å². The van der Waals surface area contributed by atoms with Crippen molar-refractivity contribution < 1.29 is 19.2 Å². The molecule has 1 heterocycles. The first-order valence-electron chi connectivity index (χ1n) is 13.6. The van der Waals surface area contributed by atoms with Gasteiger partial charge in [0, 0.05) is 25.7 Å². The van der Waals surface area contributed by atoms with Crippen LogP contribution in [-0.2, 0) is 19.2 Å². The van der Waals surface area contributed by atoms with Gasteiger partial charge in [-0.25, -0.2) is 0 Å². The van der Waals surface area contributed by atoms with Crippen LogP contribution in [0.15, 0.2) is 47.1 Å². The van der Waals surface area contributed by atoms with Gasteiger partial charge in [0.15, 0.2) is 0 Å². The molecule has 192 valence electrons. The molecule has 6 rings (SSSR count). The second-order valence-corrected chi connectivity index (χ2v) is 12.3. The fourth-order valence-corrected chi connectivity index (χ4v) is 9.03. The largest absolute Gasteiger partial charge is 0.462 e. The molecule has 1 amide bonds. The van der Waals surface area contributed by atoms with Gasteiger partial charge in [-0.2, -0.15) is 0 Å². The molecule has 0 unspecified atom stereocenters. The average molecular weight is 491 g/mol.